The molecule has 2 aromatic carbocycles. The van der Waals surface area contributed by atoms with Crippen molar-refractivity contribution >= 4 is 9.84 Å². The number of nitrogens with zero attached hydrogens (tertiary/aromatic N) is 3. The molecule has 2 unspecified atom stereocenters. The fourth-order valence-corrected chi connectivity index (χ4v) is 6.06. The summed E-state index contributed by atoms with van der Waals surface area (Å²) in [6, 6.07) is 16.7. The van der Waals surface area contributed by atoms with Crippen LogP contribution in [0.4, 0.5) is 4.39 Å². The van der Waals surface area contributed by atoms with Gasteiger partial charge in [-0.1, -0.05) is 42.5 Å². The zero-order valence-corrected chi connectivity index (χ0v) is 21.8. The Balaban J connectivity index is 1.65. The number of benzene rings is 2. The minimum Gasteiger partial charge on any atom is -0.492 e. The summed E-state index contributed by atoms with van der Waals surface area (Å²) in [4.78, 5) is 20.8. The molecule has 202 valence electrons. The van der Waals surface area contributed by atoms with Crippen molar-refractivity contribution in [2.24, 2.45) is 0 Å². The van der Waals surface area contributed by atoms with Gasteiger partial charge in [-0.2, -0.15) is 9.37 Å². The highest BCUT2D eigenvalue weighted by Gasteiger charge is 2.35. The molecule has 3 heterocycles. The van der Waals surface area contributed by atoms with Gasteiger partial charge in [-0.05, 0) is 48.2 Å². The van der Waals surface area contributed by atoms with E-state index in [-0.39, 0.29) is 17.3 Å². The lowest BCUT2D eigenvalue weighted by atomic mass is 10.1. The molecular weight excluding hydrogens is 525 g/mol. The first kappa shape index (κ1) is 26.7. The van der Waals surface area contributed by atoms with Gasteiger partial charge in [0.2, 0.25) is 21.7 Å². The van der Waals surface area contributed by atoms with E-state index in [0.29, 0.717) is 29.7 Å². The maximum Gasteiger partial charge on any atom is 0.277 e. The fourth-order valence-electron chi connectivity index (χ4n) is 4.71. The third-order valence-electron chi connectivity index (χ3n) is 6.62. The molecule has 1 aliphatic heterocycles. The van der Waals surface area contributed by atoms with Crippen LogP contribution in [0.3, 0.4) is 0 Å². The molecule has 0 bridgehead atoms. The van der Waals surface area contributed by atoms with Gasteiger partial charge in [-0.25, -0.2) is 13.4 Å². The largest absolute Gasteiger partial charge is 0.492 e. The lowest BCUT2D eigenvalue weighted by molar-refractivity contribution is 0.0935. The maximum absolute atomic E-state index is 14.0. The van der Waals surface area contributed by atoms with Gasteiger partial charge in [0, 0.05) is 25.5 Å². The van der Waals surface area contributed by atoms with Crippen LogP contribution in [-0.2, 0) is 19.3 Å². The van der Waals surface area contributed by atoms with Crippen molar-refractivity contribution in [3.8, 4) is 17.0 Å². The zero-order chi connectivity index (χ0) is 27.6. The Hall–Kier alpha value is -3.93. The van der Waals surface area contributed by atoms with E-state index in [0.717, 1.165) is 6.42 Å². The van der Waals surface area contributed by atoms with Crippen LogP contribution >= 0.6 is 0 Å². The second-order valence-electron chi connectivity index (χ2n) is 9.08. The van der Waals surface area contributed by atoms with E-state index in [2.05, 4.69) is 9.97 Å². The highest BCUT2D eigenvalue weighted by Crippen LogP contribution is 2.34. The molecular formula is C28H26FN3O6S. The first-order valence-electron chi connectivity index (χ1n) is 12.3. The molecule has 0 amide bonds. The number of ether oxygens (including phenoxy) is 2. The monoisotopic (exact) mass is 551 g/mol. The molecule has 4 aromatic rings. The normalized spacial score (nSPS) is 16.3. The molecule has 2 aromatic heterocycles. The molecule has 0 saturated carbocycles. The molecule has 1 aliphatic rings. The third-order valence-corrected chi connectivity index (χ3v) is 8.40. The summed E-state index contributed by atoms with van der Waals surface area (Å²) in [7, 11) is -3.02. The van der Waals surface area contributed by atoms with Gasteiger partial charge in [0.05, 0.1) is 17.5 Å². The highest BCUT2D eigenvalue weighted by molar-refractivity contribution is 7.91. The van der Waals surface area contributed by atoms with Crippen molar-refractivity contribution in [3.05, 3.63) is 101 Å². The van der Waals surface area contributed by atoms with Crippen molar-refractivity contribution in [3.63, 3.8) is 0 Å². The van der Waals surface area contributed by atoms with Gasteiger partial charge in [0.15, 0.2) is 4.90 Å². The number of hydrogen-bond acceptors (Lipinski definition) is 8. The number of aromatic nitrogens is 3. The van der Waals surface area contributed by atoms with Crippen LogP contribution in [0, 0.1) is 5.95 Å². The Bertz CT molecular complexity index is 1620. The molecule has 9 nitrogen and oxygen atoms in total. The van der Waals surface area contributed by atoms with Crippen LogP contribution in [0.2, 0.25) is 0 Å². The van der Waals surface area contributed by atoms with Crippen LogP contribution < -0.4 is 5.56 Å². The number of methoxy groups -OCH3 is 1. The molecule has 0 aliphatic carbocycles. The average molecular weight is 552 g/mol. The predicted molar refractivity (Wildman–Crippen MR) is 140 cm³/mol. The lowest BCUT2D eigenvalue weighted by Crippen LogP contribution is -2.36. The Labute approximate surface area is 224 Å². The number of rotatable bonds is 8. The summed E-state index contributed by atoms with van der Waals surface area (Å²) in [6.07, 6.45) is 2.03. The van der Waals surface area contributed by atoms with Gasteiger partial charge in [-0.3, -0.25) is 9.36 Å². The van der Waals surface area contributed by atoms with Crippen molar-refractivity contribution in [2.75, 3.05) is 20.3 Å². The third kappa shape index (κ3) is 5.20. The molecule has 0 radical (unpaired) electrons. The second kappa shape index (κ2) is 11.0. The summed E-state index contributed by atoms with van der Waals surface area (Å²) >= 11 is 0. The van der Waals surface area contributed by atoms with Gasteiger partial charge in [-0.15, -0.1) is 0 Å². The van der Waals surface area contributed by atoms with E-state index in [9.17, 15) is 22.7 Å². The van der Waals surface area contributed by atoms with Crippen molar-refractivity contribution < 1.29 is 27.4 Å². The molecule has 0 spiro atoms. The quantitative estimate of drug-likeness (QED) is 0.326. The number of pyridine rings is 1. The van der Waals surface area contributed by atoms with E-state index in [4.69, 9.17) is 9.47 Å². The lowest BCUT2D eigenvalue weighted by Gasteiger charge is -2.25. The first-order valence-corrected chi connectivity index (χ1v) is 13.8. The van der Waals surface area contributed by atoms with Gasteiger partial charge in [0.1, 0.15) is 11.9 Å². The molecule has 39 heavy (non-hydrogen) atoms. The van der Waals surface area contributed by atoms with E-state index in [1.807, 2.05) is 6.07 Å². The Morgan fingerprint density at radius 3 is 2.44 bits per heavy atom. The van der Waals surface area contributed by atoms with Crippen LogP contribution in [0.1, 0.15) is 36.4 Å². The van der Waals surface area contributed by atoms with Crippen molar-refractivity contribution in [2.45, 2.75) is 34.8 Å². The van der Waals surface area contributed by atoms with E-state index < -0.39 is 44.3 Å². The van der Waals surface area contributed by atoms with Crippen LogP contribution in [0.15, 0.2) is 87.5 Å². The number of aromatic hydroxyl groups is 1. The zero-order valence-electron chi connectivity index (χ0n) is 21.0. The molecule has 1 N–H and O–H groups in total. The second-order valence-corrected chi connectivity index (χ2v) is 11.0. The van der Waals surface area contributed by atoms with E-state index in [1.54, 1.807) is 24.3 Å². The number of hydrogen-bond donors (Lipinski definition) is 1. The predicted octanol–water partition coefficient (Wildman–Crippen LogP) is 4.07. The van der Waals surface area contributed by atoms with Gasteiger partial charge < -0.3 is 14.6 Å². The van der Waals surface area contributed by atoms with Crippen LogP contribution in [0.25, 0.3) is 11.1 Å². The number of halogens is 1. The van der Waals surface area contributed by atoms with Crippen molar-refractivity contribution in [1.82, 2.24) is 14.5 Å². The molecule has 2 atom stereocenters. The summed E-state index contributed by atoms with van der Waals surface area (Å²) in [5.41, 5.74) is 0.956. The standard InChI is InChI=1S/C28H26FN3O6S/c1-37-17-22(19-6-3-2-4-7-19)32-26(23-8-5-15-38-23)31-27(33)25(28(32)34)39(35,36)21-12-9-18(10-13-21)20-11-14-24(29)30-16-20/h2-4,6-7,9-14,16,22-23,33H,5,8,15,17H2,1H3. The average Bonchev–Trinajstić information content (AvgIpc) is 3.48. The number of sulfone groups is 1. The first-order chi connectivity index (χ1) is 18.8. The van der Waals surface area contributed by atoms with Gasteiger partial charge in [0.25, 0.3) is 5.56 Å². The van der Waals surface area contributed by atoms with Gasteiger partial charge >= 0.3 is 0 Å². The SMILES string of the molecule is COCC(c1ccccc1)n1c(C2CCCO2)nc(O)c(S(=O)(=O)c2ccc(-c3ccc(F)nc3)cc2)c1=O. The Morgan fingerprint density at radius 1 is 1.10 bits per heavy atom. The smallest absolute Gasteiger partial charge is 0.277 e. The Morgan fingerprint density at radius 2 is 1.82 bits per heavy atom. The van der Waals surface area contributed by atoms with Crippen LogP contribution in [0.5, 0.6) is 5.88 Å². The maximum atomic E-state index is 14.0. The summed E-state index contributed by atoms with van der Waals surface area (Å²) in [5, 5.41) is 10.9. The van der Waals surface area contributed by atoms with E-state index >= 15 is 0 Å². The summed E-state index contributed by atoms with van der Waals surface area (Å²) in [5.74, 6) is -1.39. The molecule has 5 rings (SSSR count). The van der Waals surface area contributed by atoms with Crippen LogP contribution in [-0.4, -0.2) is 48.4 Å². The molecule has 1 saturated heterocycles. The highest BCUT2D eigenvalue weighted by atomic mass is 32.2. The van der Waals surface area contributed by atoms with E-state index in [1.165, 1.54) is 54.3 Å². The minimum absolute atomic E-state index is 0.0516. The molecule has 1 fully saturated rings. The topological polar surface area (TPSA) is 121 Å². The molecule has 11 heteroatoms. The van der Waals surface area contributed by atoms with Crippen molar-refractivity contribution in [1.29, 1.82) is 0 Å². The fraction of sp³-hybridized carbons (Fsp3) is 0.250. The summed E-state index contributed by atoms with van der Waals surface area (Å²) in [6.45, 7) is 0.507. The summed E-state index contributed by atoms with van der Waals surface area (Å²) < 4.78 is 53.1. The Kier molecular flexibility index (Phi) is 7.56. The minimum atomic E-state index is -4.50.